The van der Waals surface area contributed by atoms with E-state index in [4.69, 9.17) is 0 Å². The zero-order valence-electron chi connectivity index (χ0n) is 9.29. The van der Waals surface area contributed by atoms with Crippen LogP contribution < -0.4 is 0 Å². The van der Waals surface area contributed by atoms with Gasteiger partial charge in [0, 0.05) is 0 Å². The monoisotopic (exact) mass is 196 g/mol. The molecule has 0 aliphatic heterocycles. The van der Waals surface area contributed by atoms with Crippen LogP contribution in [0.5, 0.6) is 0 Å². The molecule has 0 spiro atoms. The van der Waals surface area contributed by atoms with Crippen molar-refractivity contribution in [3.63, 3.8) is 0 Å². The average Bonchev–Trinajstić information content (AvgIpc) is 2.02. The maximum absolute atomic E-state index is 11.8. The summed E-state index contributed by atoms with van der Waals surface area (Å²) in [4.78, 5) is 11.8. The summed E-state index contributed by atoms with van der Waals surface area (Å²) in [6.45, 7) is 5.98. The number of aliphatic hydroxyl groups is 1. The number of allylic oxidation sites excluding steroid dienone is 2. The first-order valence-electron chi connectivity index (χ1n) is 5.33. The third-order valence-corrected chi connectivity index (χ3v) is 3.19. The number of aliphatic hydroxyl groups excluding tert-OH is 1. The summed E-state index contributed by atoms with van der Waals surface area (Å²) in [6, 6.07) is 0. The Bertz CT molecular complexity index is 241. The van der Waals surface area contributed by atoms with Crippen molar-refractivity contribution in [2.24, 2.45) is 11.3 Å². The average molecular weight is 196 g/mol. The Hall–Kier alpha value is -0.630. The van der Waals surface area contributed by atoms with Crippen molar-refractivity contribution in [1.82, 2.24) is 0 Å². The molecular formula is C12H20O2. The summed E-state index contributed by atoms with van der Waals surface area (Å²) in [5.41, 5.74) is -0.0612. The van der Waals surface area contributed by atoms with Crippen LogP contribution in [-0.4, -0.2) is 17.0 Å². The van der Waals surface area contributed by atoms with Crippen molar-refractivity contribution in [1.29, 1.82) is 0 Å². The standard InChI is InChI=1S/C12H20O2/c1-4-6-9(13)11-10(14)7-5-8-12(11,2)3/h4,6,10-11,14H,5,7-8H2,1-3H3/b6-4+/t10-,11+/m1/s1. The molecule has 1 rings (SSSR count). The van der Waals surface area contributed by atoms with Crippen molar-refractivity contribution in [2.75, 3.05) is 0 Å². The van der Waals surface area contributed by atoms with E-state index in [1.165, 1.54) is 0 Å². The summed E-state index contributed by atoms with van der Waals surface area (Å²) in [7, 11) is 0. The molecule has 0 radical (unpaired) electrons. The Balaban J connectivity index is 2.85. The number of hydrogen-bond donors (Lipinski definition) is 1. The minimum atomic E-state index is -0.456. The maximum Gasteiger partial charge on any atom is 0.161 e. The molecule has 2 heteroatoms. The topological polar surface area (TPSA) is 37.3 Å². The summed E-state index contributed by atoms with van der Waals surface area (Å²) in [5.74, 6) is -0.142. The number of carbonyl (C=O) groups is 1. The molecule has 0 unspecified atom stereocenters. The van der Waals surface area contributed by atoms with Crippen LogP contribution in [0.15, 0.2) is 12.2 Å². The number of ketones is 1. The second kappa shape index (κ2) is 4.26. The predicted octanol–water partition coefficient (Wildman–Crippen LogP) is 2.32. The van der Waals surface area contributed by atoms with Gasteiger partial charge in [-0.1, -0.05) is 26.3 Å². The second-order valence-corrected chi connectivity index (χ2v) is 4.83. The summed E-state index contributed by atoms with van der Waals surface area (Å²) >= 11 is 0. The molecule has 2 atom stereocenters. The summed E-state index contributed by atoms with van der Waals surface area (Å²) < 4.78 is 0. The van der Waals surface area contributed by atoms with Crippen LogP contribution in [-0.2, 0) is 4.79 Å². The Morgan fingerprint density at radius 3 is 2.64 bits per heavy atom. The maximum atomic E-state index is 11.8. The van der Waals surface area contributed by atoms with Crippen LogP contribution >= 0.6 is 0 Å². The third-order valence-electron chi connectivity index (χ3n) is 3.19. The molecule has 0 saturated heterocycles. The molecule has 0 heterocycles. The SMILES string of the molecule is C/C=C/C(=O)[C@H]1[C@H](O)CCCC1(C)C. The Labute approximate surface area is 86.0 Å². The van der Waals surface area contributed by atoms with E-state index in [0.29, 0.717) is 0 Å². The molecule has 2 nitrogen and oxygen atoms in total. The third kappa shape index (κ3) is 2.24. The van der Waals surface area contributed by atoms with Crippen molar-refractivity contribution in [3.05, 3.63) is 12.2 Å². The van der Waals surface area contributed by atoms with Gasteiger partial charge in [-0.3, -0.25) is 4.79 Å². The van der Waals surface area contributed by atoms with Gasteiger partial charge in [0.25, 0.3) is 0 Å². The number of hydrogen-bond acceptors (Lipinski definition) is 2. The molecule has 0 aromatic heterocycles. The molecule has 1 saturated carbocycles. The first kappa shape index (κ1) is 11.4. The van der Waals surface area contributed by atoms with E-state index in [1.807, 2.05) is 6.92 Å². The smallest absolute Gasteiger partial charge is 0.161 e. The van der Waals surface area contributed by atoms with Crippen molar-refractivity contribution < 1.29 is 9.90 Å². The van der Waals surface area contributed by atoms with E-state index < -0.39 is 6.10 Å². The zero-order chi connectivity index (χ0) is 10.8. The van der Waals surface area contributed by atoms with Gasteiger partial charge in [0.05, 0.1) is 12.0 Å². The van der Waals surface area contributed by atoms with Gasteiger partial charge in [0.15, 0.2) is 5.78 Å². The van der Waals surface area contributed by atoms with Crippen LogP contribution in [0.25, 0.3) is 0 Å². The van der Waals surface area contributed by atoms with Gasteiger partial charge in [-0.25, -0.2) is 0 Å². The lowest BCUT2D eigenvalue weighted by molar-refractivity contribution is -0.129. The van der Waals surface area contributed by atoms with E-state index >= 15 is 0 Å². The van der Waals surface area contributed by atoms with Crippen molar-refractivity contribution >= 4 is 5.78 Å². The van der Waals surface area contributed by atoms with Crippen LogP contribution in [0.1, 0.15) is 40.0 Å². The van der Waals surface area contributed by atoms with Crippen LogP contribution in [0.2, 0.25) is 0 Å². The fourth-order valence-corrected chi connectivity index (χ4v) is 2.45. The Morgan fingerprint density at radius 2 is 2.14 bits per heavy atom. The van der Waals surface area contributed by atoms with E-state index in [9.17, 15) is 9.90 Å². The lowest BCUT2D eigenvalue weighted by atomic mass is 9.65. The van der Waals surface area contributed by atoms with Gasteiger partial charge >= 0.3 is 0 Å². The van der Waals surface area contributed by atoms with E-state index in [1.54, 1.807) is 12.2 Å². The van der Waals surface area contributed by atoms with Crippen LogP contribution in [0.4, 0.5) is 0 Å². The number of carbonyl (C=O) groups excluding carboxylic acids is 1. The van der Waals surface area contributed by atoms with E-state index in [-0.39, 0.29) is 17.1 Å². The largest absolute Gasteiger partial charge is 0.392 e. The van der Waals surface area contributed by atoms with Gasteiger partial charge < -0.3 is 5.11 Å². The second-order valence-electron chi connectivity index (χ2n) is 4.83. The Kier molecular flexibility index (Phi) is 3.48. The van der Waals surface area contributed by atoms with Crippen molar-refractivity contribution in [2.45, 2.75) is 46.1 Å². The lowest BCUT2D eigenvalue weighted by Gasteiger charge is -2.40. The van der Waals surface area contributed by atoms with E-state index in [0.717, 1.165) is 19.3 Å². The quantitative estimate of drug-likeness (QED) is 0.688. The zero-order valence-corrected chi connectivity index (χ0v) is 9.29. The van der Waals surface area contributed by atoms with Gasteiger partial charge in [-0.2, -0.15) is 0 Å². The van der Waals surface area contributed by atoms with Gasteiger partial charge in [-0.15, -0.1) is 0 Å². The van der Waals surface area contributed by atoms with Gasteiger partial charge in [-0.05, 0) is 31.3 Å². The fraction of sp³-hybridized carbons (Fsp3) is 0.750. The lowest BCUT2D eigenvalue weighted by Crippen LogP contribution is -2.42. The first-order valence-corrected chi connectivity index (χ1v) is 5.33. The molecule has 0 bridgehead atoms. The number of rotatable bonds is 2. The Morgan fingerprint density at radius 1 is 1.50 bits per heavy atom. The van der Waals surface area contributed by atoms with Crippen molar-refractivity contribution in [3.8, 4) is 0 Å². The highest BCUT2D eigenvalue weighted by molar-refractivity contribution is 5.92. The molecule has 0 aromatic carbocycles. The predicted molar refractivity (Wildman–Crippen MR) is 56.9 cm³/mol. The molecule has 1 aliphatic carbocycles. The van der Waals surface area contributed by atoms with Gasteiger partial charge in [0.2, 0.25) is 0 Å². The highest BCUT2D eigenvalue weighted by Gasteiger charge is 2.41. The minimum absolute atomic E-state index is 0.0612. The van der Waals surface area contributed by atoms with Gasteiger partial charge in [0.1, 0.15) is 0 Å². The fourth-order valence-electron chi connectivity index (χ4n) is 2.45. The minimum Gasteiger partial charge on any atom is -0.392 e. The highest BCUT2D eigenvalue weighted by atomic mass is 16.3. The molecule has 1 fully saturated rings. The molecule has 1 aliphatic rings. The molecule has 0 amide bonds. The van der Waals surface area contributed by atoms with E-state index in [2.05, 4.69) is 13.8 Å². The molecule has 0 aromatic rings. The summed E-state index contributed by atoms with van der Waals surface area (Å²) in [5, 5.41) is 9.85. The molecule has 14 heavy (non-hydrogen) atoms. The summed E-state index contributed by atoms with van der Waals surface area (Å²) in [6.07, 6.45) is 5.69. The van der Waals surface area contributed by atoms with Crippen LogP contribution in [0, 0.1) is 11.3 Å². The highest BCUT2D eigenvalue weighted by Crippen LogP contribution is 2.41. The normalized spacial score (nSPS) is 32.0. The molecule has 80 valence electrons. The first-order chi connectivity index (χ1) is 6.49. The molecule has 1 N–H and O–H groups in total. The molecular weight excluding hydrogens is 176 g/mol. The van der Waals surface area contributed by atoms with Crippen LogP contribution in [0.3, 0.4) is 0 Å².